The first kappa shape index (κ1) is 25.9. The van der Waals surface area contributed by atoms with Crippen LogP contribution in [-0.4, -0.2) is 50.8 Å². The number of nitrogens with zero attached hydrogens (tertiary/aromatic N) is 1. The number of hydrogen-bond donors (Lipinski definition) is 1. The van der Waals surface area contributed by atoms with Crippen LogP contribution in [0.5, 0.6) is 11.5 Å². The number of piperazine rings is 1. The predicted octanol–water partition coefficient (Wildman–Crippen LogP) is 4.95. The first-order chi connectivity index (χ1) is 18.5. The van der Waals surface area contributed by atoms with Crippen molar-refractivity contribution in [1.29, 1.82) is 0 Å². The maximum absolute atomic E-state index is 15.0. The molecule has 1 aliphatic heterocycles. The van der Waals surface area contributed by atoms with Crippen molar-refractivity contribution in [1.82, 2.24) is 10.2 Å². The lowest BCUT2D eigenvalue weighted by atomic mass is 9.82. The SMILES string of the molecule is COc1cc2ccc(=O)oc2cc1OCCCN1CCNCC1C(c1ccccc1F)c1ccccc1F. The smallest absolute Gasteiger partial charge is 0.336 e. The summed E-state index contributed by atoms with van der Waals surface area (Å²) in [5.41, 5.74) is 0.954. The molecule has 1 atom stereocenters. The Bertz CT molecular complexity index is 1410. The molecule has 2 heterocycles. The molecule has 3 aromatic carbocycles. The van der Waals surface area contributed by atoms with Gasteiger partial charge in [0.05, 0.1) is 13.7 Å². The van der Waals surface area contributed by atoms with Crippen LogP contribution < -0.4 is 20.4 Å². The Labute approximate surface area is 219 Å². The molecule has 1 N–H and O–H groups in total. The maximum atomic E-state index is 15.0. The highest BCUT2D eigenvalue weighted by atomic mass is 19.1. The standard InChI is InChI=1S/C30H30F2N2O4/c1-36-27-17-20-11-12-29(35)38-26(20)18-28(27)37-16-6-14-34-15-13-33-19-25(34)30(21-7-2-4-9-23(21)31)22-8-3-5-10-24(22)32/h2-5,7-12,17-18,25,30,33H,6,13-16,19H2,1H3. The molecule has 198 valence electrons. The van der Waals surface area contributed by atoms with E-state index in [1.807, 2.05) is 0 Å². The van der Waals surface area contributed by atoms with Crippen molar-refractivity contribution in [3.63, 3.8) is 0 Å². The molecule has 1 saturated heterocycles. The van der Waals surface area contributed by atoms with Crippen LogP contribution >= 0.6 is 0 Å². The van der Waals surface area contributed by atoms with Crippen molar-refractivity contribution in [3.8, 4) is 11.5 Å². The van der Waals surface area contributed by atoms with Gasteiger partial charge in [0.15, 0.2) is 11.5 Å². The van der Waals surface area contributed by atoms with Gasteiger partial charge in [-0.25, -0.2) is 13.6 Å². The van der Waals surface area contributed by atoms with Gasteiger partial charge < -0.3 is 19.2 Å². The van der Waals surface area contributed by atoms with E-state index >= 15 is 8.78 Å². The number of fused-ring (bicyclic) bond motifs is 1. The molecule has 4 aromatic rings. The summed E-state index contributed by atoms with van der Waals surface area (Å²) in [5.74, 6) is -0.128. The van der Waals surface area contributed by atoms with Crippen molar-refractivity contribution < 1.29 is 22.7 Å². The van der Waals surface area contributed by atoms with Gasteiger partial charge in [-0.05, 0) is 41.8 Å². The van der Waals surface area contributed by atoms with E-state index in [1.54, 1.807) is 61.7 Å². The zero-order valence-electron chi connectivity index (χ0n) is 21.2. The summed E-state index contributed by atoms with van der Waals surface area (Å²) in [6.07, 6.45) is 0.678. The summed E-state index contributed by atoms with van der Waals surface area (Å²) in [6, 6.07) is 19.5. The van der Waals surface area contributed by atoms with Gasteiger partial charge in [0.25, 0.3) is 0 Å². The lowest BCUT2D eigenvalue weighted by Crippen LogP contribution is -2.54. The summed E-state index contributed by atoms with van der Waals surface area (Å²) in [7, 11) is 1.56. The highest BCUT2D eigenvalue weighted by molar-refractivity contribution is 5.80. The second kappa shape index (κ2) is 11.8. The van der Waals surface area contributed by atoms with E-state index in [0.717, 1.165) is 18.5 Å². The number of nitrogens with one attached hydrogen (secondary N) is 1. The fourth-order valence-electron chi connectivity index (χ4n) is 5.21. The molecule has 0 amide bonds. The minimum atomic E-state index is -0.477. The van der Waals surface area contributed by atoms with E-state index in [0.29, 0.717) is 54.3 Å². The minimum absolute atomic E-state index is 0.151. The fraction of sp³-hybridized carbons (Fsp3) is 0.300. The van der Waals surface area contributed by atoms with Gasteiger partial charge in [0.1, 0.15) is 17.2 Å². The first-order valence-electron chi connectivity index (χ1n) is 12.7. The molecule has 0 bridgehead atoms. The molecular formula is C30H30F2N2O4. The largest absolute Gasteiger partial charge is 0.493 e. The molecule has 1 aromatic heterocycles. The number of ether oxygens (including phenoxy) is 2. The second-order valence-corrected chi connectivity index (χ2v) is 9.33. The molecule has 0 aliphatic carbocycles. The topological polar surface area (TPSA) is 63.9 Å². The molecule has 1 unspecified atom stereocenters. The highest BCUT2D eigenvalue weighted by Gasteiger charge is 2.34. The summed E-state index contributed by atoms with van der Waals surface area (Å²) in [6.45, 7) is 3.20. The van der Waals surface area contributed by atoms with Crippen molar-refractivity contribution in [3.05, 3.63) is 106 Å². The quantitative estimate of drug-likeness (QED) is 0.249. The summed E-state index contributed by atoms with van der Waals surface area (Å²) < 4.78 is 46.8. The Hall–Kier alpha value is -3.75. The van der Waals surface area contributed by atoms with Gasteiger partial charge in [-0.1, -0.05) is 36.4 Å². The number of hydrogen-bond acceptors (Lipinski definition) is 6. The van der Waals surface area contributed by atoms with Crippen LogP contribution in [0.1, 0.15) is 23.5 Å². The third-order valence-corrected chi connectivity index (χ3v) is 7.02. The molecule has 1 fully saturated rings. The average molecular weight is 521 g/mol. The van der Waals surface area contributed by atoms with Crippen LogP contribution in [0.4, 0.5) is 8.78 Å². The lowest BCUT2D eigenvalue weighted by Gasteiger charge is -2.41. The van der Waals surface area contributed by atoms with E-state index in [1.165, 1.54) is 18.2 Å². The van der Waals surface area contributed by atoms with Gasteiger partial charge in [0, 0.05) is 55.7 Å². The van der Waals surface area contributed by atoms with Crippen LogP contribution in [0.15, 0.2) is 82.0 Å². The molecule has 38 heavy (non-hydrogen) atoms. The fourth-order valence-corrected chi connectivity index (χ4v) is 5.21. The Kier molecular flexibility index (Phi) is 8.00. The molecule has 5 rings (SSSR count). The Morgan fingerprint density at radius 3 is 2.39 bits per heavy atom. The average Bonchev–Trinajstić information content (AvgIpc) is 2.93. The summed E-state index contributed by atoms with van der Waals surface area (Å²) in [4.78, 5) is 13.9. The van der Waals surface area contributed by atoms with E-state index in [9.17, 15) is 4.79 Å². The van der Waals surface area contributed by atoms with Crippen LogP contribution in [0.2, 0.25) is 0 Å². The third-order valence-electron chi connectivity index (χ3n) is 7.02. The van der Waals surface area contributed by atoms with E-state index in [4.69, 9.17) is 13.9 Å². The normalized spacial score (nSPS) is 16.2. The van der Waals surface area contributed by atoms with Crippen LogP contribution in [-0.2, 0) is 0 Å². The van der Waals surface area contributed by atoms with Gasteiger partial charge in [-0.3, -0.25) is 4.90 Å². The Morgan fingerprint density at radius 1 is 1.00 bits per heavy atom. The van der Waals surface area contributed by atoms with Gasteiger partial charge in [0.2, 0.25) is 0 Å². The van der Waals surface area contributed by atoms with Crippen LogP contribution in [0.25, 0.3) is 11.0 Å². The lowest BCUT2D eigenvalue weighted by molar-refractivity contribution is 0.134. The van der Waals surface area contributed by atoms with E-state index < -0.39 is 11.5 Å². The van der Waals surface area contributed by atoms with E-state index in [2.05, 4.69) is 10.2 Å². The molecule has 8 heteroatoms. The predicted molar refractivity (Wildman–Crippen MR) is 142 cm³/mol. The zero-order chi connectivity index (χ0) is 26.5. The van der Waals surface area contributed by atoms with Gasteiger partial charge in [-0.2, -0.15) is 0 Å². The molecule has 0 saturated carbocycles. The van der Waals surface area contributed by atoms with Crippen molar-refractivity contribution in [2.45, 2.75) is 18.4 Å². The number of rotatable bonds is 9. The minimum Gasteiger partial charge on any atom is -0.493 e. The van der Waals surface area contributed by atoms with Gasteiger partial charge >= 0.3 is 5.63 Å². The van der Waals surface area contributed by atoms with E-state index in [-0.39, 0.29) is 17.7 Å². The van der Waals surface area contributed by atoms with Crippen molar-refractivity contribution in [2.24, 2.45) is 0 Å². The van der Waals surface area contributed by atoms with Crippen molar-refractivity contribution >= 4 is 11.0 Å². The molecule has 0 spiro atoms. The zero-order valence-corrected chi connectivity index (χ0v) is 21.2. The summed E-state index contributed by atoms with van der Waals surface area (Å²) in [5, 5.41) is 4.15. The van der Waals surface area contributed by atoms with Crippen LogP contribution in [0.3, 0.4) is 0 Å². The Balaban J connectivity index is 1.33. The molecular weight excluding hydrogens is 490 g/mol. The number of benzene rings is 3. The molecule has 6 nitrogen and oxygen atoms in total. The third kappa shape index (κ3) is 5.56. The molecule has 0 radical (unpaired) electrons. The number of halogens is 2. The number of methoxy groups -OCH3 is 1. The highest BCUT2D eigenvalue weighted by Crippen LogP contribution is 2.35. The van der Waals surface area contributed by atoms with Crippen LogP contribution in [0, 0.1) is 11.6 Å². The Morgan fingerprint density at radius 2 is 1.71 bits per heavy atom. The van der Waals surface area contributed by atoms with Crippen molar-refractivity contribution in [2.75, 3.05) is 39.9 Å². The van der Waals surface area contributed by atoms with Gasteiger partial charge in [-0.15, -0.1) is 0 Å². The maximum Gasteiger partial charge on any atom is 0.336 e. The monoisotopic (exact) mass is 520 g/mol. The second-order valence-electron chi connectivity index (χ2n) is 9.33. The first-order valence-corrected chi connectivity index (χ1v) is 12.7. The summed E-state index contributed by atoms with van der Waals surface area (Å²) >= 11 is 0. The molecule has 1 aliphatic rings.